The summed E-state index contributed by atoms with van der Waals surface area (Å²) >= 11 is 0. The lowest BCUT2D eigenvalue weighted by atomic mass is 10.00. The first-order valence-electron chi connectivity index (χ1n) is 10.8. The van der Waals surface area contributed by atoms with E-state index in [4.69, 9.17) is 9.57 Å². The normalized spacial score (nSPS) is 17.5. The van der Waals surface area contributed by atoms with E-state index in [9.17, 15) is 9.50 Å². The Morgan fingerprint density at radius 1 is 1.23 bits per heavy atom. The second-order valence-electron chi connectivity index (χ2n) is 9.19. The van der Waals surface area contributed by atoms with Crippen LogP contribution in [0.4, 0.5) is 4.39 Å². The molecule has 2 aromatic carbocycles. The maximum absolute atomic E-state index is 13.7. The third-order valence-corrected chi connectivity index (χ3v) is 5.12. The third-order valence-electron chi connectivity index (χ3n) is 5.12. The van der Waals surface area contributed by atoms with Crippen LogP contribution < -0.4 is 0 Å². The van der Waals surface area contributed by atoms with Gasteiger partial charge in [-0.2, -0.15) is 0 Å². The fourth-order valence-electron chi connectivity index (χ4n) is 3.66. The zero-order valence-corrected chi connectivity index (χ0v) is 18.8. The Balaban J connectivity index is 1.64. The predicted molar refractivity (Wildman–Crippen MR) is 121 cm³/mol. The molecular formula is C25H33FN2O3. The number of oxime groups is 1. The minimum Gasteiger partial charge on any atom is -0.390 e. The van der Waals surface area contributed by atoms with E-state index in [2.05, 4.69) is 29.1 Å². The molecule has 2 unspecified atom stereocenters. The lowest BCUT2D eigenvalue weighted by Crippen LogP contribution is -2.40. The van der Waals surface area contributed by atoms with Crippen molar-refractivity contribution in [3.8, 4) is 0 Å². The lowest BCUT2D eigenvalue weighted by molar-refractivity contribution is -0.0600. The first-order chi connectivity index (χ1) is 14.7. The summed E-state index contributed by atoms with van der Waals surface area (Å²) in [5, 5.41) is 14.9. The number of ether oxygens (including phenoxy) is 1. The van der Waals surface area contributed by atoms with Gasteiger partial charge in [-0.05, 0) is 51.0 Å². The summed E-state index contributed by atoms with van der Waals surface area (Å²) in [5.74, 6) is -0.267. The first kappa shape index (κ1) is 23.4. The second-order valence-corrected chi connectivity index (χ2v) is 9.19. The standard InChI is InChI=1S/C25H33FN2O3/c1-18-8-5-6-11-23(18)24-13-22(31-27-24)16-28(14-19-9-7-10-20(26)12-19)15-21(29)17-30-25(2,3)4/h5-12,21-22,29H,13-17H2,1-4H3. The molecule has 0 amide bonds. The van der Waals surface area contributed by atoms with Crippen molar-refractivity contribution in [2.45, 2.75) is 58.5 Å². The Hall–Kier alpha value is -2.28. The van der Waals surface area contributed by atoms with E-state index in [1.807, 2.05) is 39.0 Å². The summed E-state index contributed by atoms with van der Waals surface area (Å²) in [6.07, 6.45) is -0.0936. The fraction of sp³-hybridized carbons (Fsp3) is 0.480. The summed E-state index contributed by atoms with van der Waals surface area (Å²) in [7, 11) is 0. The van der Waals surface area contributed by atoms with Crippen molar-refractivity contribution in [2.24, 2.45) is 5.16 Å². The number of aryl methyl sites for hydroxylation is 1. The number of halogens is 1. The van der Waals surface area contributed by atoms with E-state index in [0.717, 1.165) is 22.4 Å². The summed E-state index contributed by atoms with van der Waals surface area (Å²) in [4.78, 5) is 7.80. The molecule has 0 saturated heterocycles. The van der Waals surface area contributed by atoms with Crippen molar-refractivity contribution in [3.05, 3.63) is 71.0 Å². The average Bonchev–Trinajstić information content (AvgIpc) is 3.14. The van der Waals surface area contributed by atoms with Gasteiger partial charge in [0, 0.05) is 31.6 Å². The highest BCUT2D eigenvalue weighted by molar-refractivity contribution is 6.02. The van der Waals surface area contributed by atoms with Crippen molar-refractivity contribution in [2.75, 3.05) is 19.7 Å². The largest absolute Gasteiger partial charge is 0.390 e. The Kier molecular flexibility index (Phi) is 7.81. The van der Waals surface area contributed by atoms with Crippen molar-refractivity contribution in [3.63, 3.8) is 0 Å². The monoisotopic (exact) mass is 428 g/mol. The topological polar surface area (TPSA) is 54.3 Å². The molecule has 1 aliphatic rings. The van der Waals surface area contributed by atoms with E-state index < -0.39 is 6.10 Å². The molecule has 2 aromatic rings. The van der Waals surface area contributed by atoms with Crippen molar-refractivity contribution < 1.29 is 19.1 Å². The number of rotatable bonds is 9. The highest BCUT2D eigenvalue weighted by Crippen LogP contribution is 2.21. The van der Waals surface area contributed by atoms with Crippen LogP contribution >= 0.6 is 0 Å². The number of nitrogens with zero attached hydrogens (tertiary/aromatic N) is 2. The molecule has 0 radical (unpaired) electrons. The molecule has 1 aliphatic heterocycles. The van der Waals surface area contributed by atoms with Crippen molar-refractivity contribution >= 4 is 5.71 Å². The number of hydrogen-bond acceptors (Lipinski definition) is 5. The Labute approximate surface area is 184 Å². The van der Waals surface area contributed by atoms with Gasteiger partial charge in [0.25, 0.3) is 0 Å². The summed E-state index contributed by atoms with van der Waals surface area (Å²) in [6.45, 7) is 9.65. The lowest BCUT2D eigenvalue weighted by Gasteiger charge is -2.28. The van der Waals surface area contributed by atoms with Gasteiger partial charge in [0.05, 0.1) is 24.0 Å². The first-order valence-corrected chi connectivity index (χ1v) is 10.8. The van der Waals surface area contributed by atoms with Gasteiger partial charge in [-0.3, -0.25) is 4.90 Å². The van der Waals surface area contributed by atoms with Crippen LogP contribution in [0.15, 0.2) is 53.7 Å². The quantitative estimate of drug-likeness (QED) is 0.647. The summed E-state index contributed by atoms with van der Waals surface area (Å²) in [5.41, 5.74) is 3.73. The van der Waals surface area contributed by atoms with Crippen molar-refractivity contribution in [1.82, 2.24) is 4.90 Å². The molecule has 0 fully saturated rings. The molecular weight excluding hydrogens is 395 g/mol. The smallest absolute Gasteiger partial charge is 0.145 e. The highest BCUT2D eigenvalue weighted by Gasteiger charge is 2.26. The summed E-state index contributed by atoms with van der Waals surface area (Å²) in [6, 6.07) is 14.7. The third kappa shape index (κ3) is 7.42. The average molecular weight is 429 g/mol. The predicted octanol–water partition coefficient (Wildman–Crippen LogP) is 4.31. The van der Waals surface area contributed by atoms with Crippen LogP contribution in [0.1, 0.15) is 43.9 Å². The van der Waals surface area contributed by atoms with E-state index in [0.29, 0.717) is 26.1 Å². The SMILES string of the molecule is Cc1ccccc1C1=NOC(CN(Cc2cccc(F)c2)CC(O)COC(C)(C)C)C1. The molecule has 0 aliphatic carbocycles. The maximum atomic E-state index is 13.7. The molecule has 0 aromatic heterocycles. The second kappa shape index (κ2) is 10.4. The molecule has 31 heavy (non-hydrogen) atoms. The van der Waals surface area contributed by atoms with Crippen LogP contribution in [0.2, 0.25) is 0 Å². The van der Waals surface area contributed by atoms with Gasteiger partial charge < -0.3 is 14.7 Å². The van der Waals surface area contributed by atoms with Gasteiger partial charge in [0.15, 0.2) is 0 Å². The Morgan fingerprint density at radius 2 is 2.00 bits per heavy atom. The Bertz CT molecular complexity index is 894. The van der Waals surface area contributed by atoms with Gasteiger partial charge >= 0.3 is 0 Å². The number of aliphatic hydroxyl groups excluding tert-OH is 1. The molecule has 1 heterocycles. The van der Waals surface area contributed by atoms with E-state index >= 15 is 0 Å². The van der Waals surface area contributed by atoms with Gasteiger partial charge in [-0.15, -0.1) is 0 Å². The fourth-order valence-corrected chi connectivity index (χ4v) is 3.66. The molecule has 0 bridgehead atoms. The van der Waals surface area contributed by atoms with Gasteiger partial charge in [-0.1, -0.05) is 41.6 Å². The molecule has 1 N–H and O–H groups in total. The minimum atomic E-state index is -0.661. The van der Waals surface area contributed by atoms with E-state index in [-0.39, 0.29) is 24.1 Å². The Morgan fingerprint density at radius 3 is 2.71 bits per heavy atom. The zero-order valence-electron chi connectivity index (χ0n) is 18.8. The molecule has 6 heteroatoms. The van der Waals surface area contributed by atoms with Crippen LogP contribution in [0.5, 0.6) is 0 Å². The molecule has 3 rings (SSSR count). The minimum absolute atomic E-state index is 0.126. The number of benzene rings is 2. The molecule has 0 saturated carbocycles. The van der Waals surface area contributed by atoms with Crippen LogP contribution in [0, 0.1) is 12.7 Å². The van der Waals surface area contributed by atoms with Crippen LogP contribution in [0.25, 0.3) is 0 Å². The van der Waals surface area contributed by atoms with Gasteiger partial charge in [0.1, 0.15) is 11.9 Å². The highest BCUT2D eigenvalue weighted by atomic mass is 19.1. The summed E-state index contributed by atoms with van der Waals surface area (Å²) < 4.78 is 19.4. The number of aliphatic hydroxyl groups is 1. The van der Waals surface area contributed by atoms with Crippen LogP contribution in [0.3, 0.4) is 0 Å². The molecule has 2 atom stereocenters. The molecule has 0 spiro atoms. The zero-order chi connectivity index (χ0) is 22.4. The van der Waals surface area contributed by atoms with Crippen LogP contribution in [-0.4, -0.2) is 53.2 Å². The maximum Gasteiger partial charge on any atom is 0.145 e. The van der Waals surface area contributed by atoms with Gasteiger partial charge in [0.2, 0.25) is 0 Å². The van der Waals surface area contributed by atoms with E-state index in [1.165, 1.54) is 12.1 Å². The number of hydrogen-bond donors (Lipinski definition) is 1. The molecule has 168 valence electrons. The molecule has 5 nitrogen and oxygen atoms in total. The van der Waals surface area contributed by atoms with Crippen molar-refractivity contribution in [1.29, 1.82) is 0 Å². The van der Waals surface area contributed by atoms with Gasteiger partial charge in [-0.25, -0.2) is 4.39 Å². The van der Waals surface area contributed by atoms with E-state index in [1.54, 1.807) is 6.07 Å². The van der Waals surface area contributed by atoms with Crippen LogP contribution in [-0.2, 0) is 16.1 Å².